The molecule has 0 spiro atoms. The normalized spacial score (nSPS) is 14.4. The van der Waals surface area contributed by atoms with Gasteiger partial charge in [-0.05, 0) is 42.8 Å². The molecule has 0 aliphatic carbocycles. The molecule has 0 atom stereocenters. The highest BCUT2D eigenvalue weighted by Crippen LogP contribution is 2.29. The Hall–Kier alpha value is -3.76. The van der Waals surface area contributed by atoms with Crippen molar-refractivity contribution in [1.82, 2.24) is 24.3 Å². The van der Waals surface area contributed by atoms with Crippen molar-refractivity contribution >= 4 is 23.0 Å². The second-order valence-electron chi connectivity index (χ2n) is 8.28. The van der Waals surface area contributed by atoms with Crippen LogP contribution >= 0.6 is 0 Å². The Labute approximate surface area is 199 Å². The third-order valence-electron chi connectivity index (χ3n) is 5.95. The molecule has 0 unspecified atom stereocenters. The molecule has 1 aromatic carbocycles. The minimum Gasteiger partial charge on any atom is -0.335 e. The molecule has 3 heterocycles. The van der Waals surface area contributed by atoms with Gasteiger partial charge >= 0.3 is 6.18 Å². The number of fused-ring (bicyclic) bond motifs is 1. The van der Waals surface area contributed by atoms with Crippen molar-refractivity contribution in [1.29, 1.82) is 0 Å². The number of carbonyl (C=O) groups is 2. The van der Waals surface area contributed by atoms with Crippen LogP contribution in [-0.2, 0) is 12.7 Å². The Morgan fingerprint density at radius 2 is 1.60 bits per heavy atom. The molecule has 184 valence electrons. The van der Waals surface area contributed by atoms with E-state index in [0.717, 1.165) is 37.1 Å². The number of halogens is 3. The van der Waals surface area contributed by atoms with Gasteiger partial charge < -0.3 is 9.80 Å². The summed E-state index contributed by atoms with van der Waals surface area (Å²) in [6.07, 6.45) is -1.30. The number of pyridine rings is 1. The number of benzene rings is 1. The molecule has 0 radical (unpaired) electrons. The van der Waals surface area contributed by atoms with Crippen LogP contribution in [0.5, 0.6) is 0 Å². The largest absolute Gasteiger partial charge is 0.416 e. The minimum absolute atomic E-state index is 0.139. The maximum absolute atomic E-state index is 13.2. The standard InChI is InChI=1S/C24H24F3N5O3/c1-2-3-11-32-20-18(5-4-10-28-20)29-19(23(32)35)22(34)31-14-12-30(13-15-31)21(33)16-6-8-17(9-7-16)24(25,26)27/h4-10H,2-3,11-15H2,1H3. The van der Waals surface area contributed by atoms with Gasteiger partial charge in [0.25, 0.3) is 17.4 Å². The Bertz CT molecular complexity index is 1300. The van der Waals surface area contributed by atoms with E-state index in [4.69, 9.17) is 0 Å². The van der Waals surface area contributed by atoms with Crippen molar-refractivity contribution in [3.8, 4) is 0 Å². The van der Waals surface area contributed by atoms with Crippen LogP contribution in [0.1, 0.15) is 46.2 Å². The number of aryl methyl sites for hydroxylation is 1. The van der Waals surface area contributed by atoms with Crippen molar-refractivity contribution in [2.75, 3.05) is 26.2 Å². The molecule has 1 fully saturated rings. The Kier molecular flexibility index (Phi) is 6.86. The van der Waals surface area contributed by atoms with Crippen molar-refractivity contribution in [3.63, 3.8) is 0 Å². The van der Waals surface area contributed by atoms with Crippen LogP contribution in [-0.4, -0.2) is 62.3 Å². The van der Waals surface area contributed by atoms with E-state index in [1.54, 1.807) is 18.3 Å². The topological polar surface area (TPSA) is 88.4 Å². The molecule has 35 heavy (non-hydrogen) atoms. The minimum atomic E-state index is -4.48. The molecule has 0 saturated carbocycles. The predicted molar refractivity (Wildman–Crippen MR) is 122 cm³/mol. The molecular formula is C24H24F3N5O3. The fraction of sp³-hybridized carbons (Fsp3) is 0.375. The molecular weight excluding hydrogens is 463 g/mol. The fourth-order valence-electron chi connectivity index (χ4n) is 3.99. The van der Waals surface area contributed by atoms with E-state index in [0.29, 0.717) is 17.7 Å². The van der Waals surface area contributed by atoms with Crippen LogP contribution in [0.25, 0.3) is 11.2 Å². The monoisotopic (exact) mass is 487 g/mol. The van der Waals surface area contributed by atoms with Gasteiger partial charge in [0.1, 0.15) is 5.52 Å². The number of nitrogens with zero attached hydrogens (tertiary/aromatic N) is 5. The Balaban J connectivity index is 1.49. The van der Waals surface area contributed by atoms with Gasteiger partial charge in [0.15, 0.2) is 11.3 Å². The van der Waals surface area contributed by atoms with E-state index in [9.17, 15) is 27.6 Å². The maximum atomic E-state index is 13.2. The van der Waals surface area contributed by atoms with Crippen LogP contribution in [0.3, 0.4) is 0 Å². The number of alkyl halides is 3. The van der Waals surface area contributed by atoms with Crippen LogP contribution in [0.4, 0.5) is 13.2 Å². The van der Waals surface area contributed by atoms with Crippen LogP contribution in [0.15, 0.2) is 47.4 Å². The van der Waals surface area contributed by atoms with Crippen molar-refractivity contribution in [2.45, 2.75) is 32.5 Å². The van der Waals surface area contributed by atoms with E-state index in [1.165, 1.54) is 14.4 Å². The highest BCUT2D eigenvalue weighted by atomic mass is 19.4. The first-order chi connectivity index (χ1) is 16.7. The molecule has 4 rings (SSSR count). The van der Waals surface area contributed by atoms with Crippen LogP contribution in [0, 0.1) is 0 Å². The summed E-state index contributed by atoms with van der Waals surface area (Å²) < 4.78 is 39.8. The molecule has 2 aromatic heterocycles. The fourth-order valence-corrected chi connectivity index (χ4v) is 3.99. The zero-order valence-corrected chi connectivity index (χ0v) is 19.1. The van der Waals surface area contributed by atoms with Gasteiger partial charge in [-0.25, -0.2) is 9.97 Å². The van der Waals surface area contributed by atoms with Crippen LogP contribution < -0.4 is 5.56 Å². The van der Waals surface area contributed by atoms with Crippen molar-refractivity contribution in [2.24, 2.45) is 0 Å². The first-order valence-electron chi connectivity index (χ1n) is 11.3. The lowest BCUT2D eigenvalue weighted by Gasteiger charge is -2.34. The van der Waals surface area contributed by atoms with Gasteiger partial charge in [0, 0.05) is 44.5 Å². The average molecular weight is 487 g/mol. The molecule has 1 aliphatic heterocycles. The molecule has 8 nitrogen and oxygen atoms in total. The highest BCUT2D eigenvalue weighted by Gasteiger charge is 2.31. The SMILES string of the molecule is CCCCn1c(=O)c(C(=O)N2CCN(C(=O)c3ccc(C(F)(F)F)cc3)CC2)nc2cccnc21. The summed E-state index contributed by atoms with van der Waals surface area (Å²) in [4.78, 5) is 50.5. The van der Waals surface area contributed by atoms with E-state index in [1.807, 2.05) is 6.92 Å². The predicted octanol–water partition coefficient (Wildman–Crippen LogP) is 3.21. The van der Waals surface area contributed by atoms with Gasteiger partial charge in [-0.2, -0.15) is 13.2 Å². The van der Waals surface area contributed by atoms with E-state index in [2.05, 4.69) is 9.97 Å². The number of aromatic nitrogens is 3. The lowest BCUT2D eigenvalue weighted by Crippen LogP contribution is -2.51. The average Bonchev–Trinajstić information content (AvgIpc) is 2.86. The molecule has 1 saturated heterocycles. The number of amides is 2. The zero-order chi connectivity index (χ0) is 25.2. The zero-order valence-electron chi connectivity index (χ0n) is 19.1. The summed E-state index contributed by atoms with van der Waals surface area (Å²) in [6.45, 7) is 3.13. The van der Waals surface area contributed by atoms with Gasteiger partial charge in [0.2, 0.25) is 0 Å². The maximum Gasteiger partial charge on any atom is 0.416 e. The summed E-state index contributed by atoms with van der Waals surface area (Å²) in [5.74, 6) is -0.935. The smallest absolute Gasteiger partial charge is 0.335 e. The van der Waals surface area contributed by atoms with Gasteiger partial charge in [-0.3, -0.25) is 19.0 Å². The quantitative estimate of drug-likeness (QED) is 0.552. The third-order valence-corrected chi connectivity index (χ3v) is 5.95. The summed E-state index contributed by atoms with van der Waals surface area (Å²) in [7, 11) is 0. The summed E-state index contributed by atoms with van der Waals surface area (Å²) in [5.41, 5.74) is -0.508. The number of piperazine rings is 1. The second-order valence-corrected chi connectivity index (χ2v) is 8.28. The molecule has 0 N–H and O–H groups in total. The summed E-state index contributed by atoms with van der Waals surface area (Å²) >= 11 is 0. The first-order valence-corrected chi connectivity index (χ1v) is 11.3. The highest BCUT2D eigenvalue weighted by molar-refractivity contribution is 5.95. The molecule has 0 bridgehead atoms. The second kappa shape index (κ2) is 9.85. The lowest BCUT2D eigenvalue weighted by atomic mass is 10.1. The molecule has 3 aromatic rings. The lowest BCUT2D eigenvalue weighted by molar-refractivity contribution is -0.137. The number of unbranched alkanes of at least 4 members (excludes halogenated alkanes) is 1. The van der Waals surface area contributed by atoms with Gasteiger partial charge in [0.05, 0.1) is 5.56 Å². The number of carbonyl (C=O) groups excluding carboxylic acids is 2. The molecule has 2 amide bonds. The molecule has 11 heteroatoms. The van der Waals surface area contributed by atoms with Crippen molar-refractivity contribution < 1.29 is 22.8 Å². The Morgan fingerprint density at radius 3 is 2.20 bits per heavy atom. The molecule has 1 aliphatic rings. The number of rotatable bonds is 5. The van der Waals surface area contributed by atoms with Gasteiger partial charge in [-0.15, -0.1) is 0 Å². The first kappa shape index (κ1) is 24.4. The van der Waals surface area contributed by atoms with E-state index in [-0.39, 0.29) is 37.4 Å². The number of hydrogen-bond donors (Lipinski definition) is 0. The summed E-state index contributed by atoms with van der Waals surface area (Å²) in [6, 6.07) is 7.42. The van der Waals surface area contributed by atoms with Crippen LogP contribution in [0.2, 0.25) is 0 Å². The van der Waals surface area contributed by atoms with Crippen molar-refractivity contribution in [3.05, 3.63) is 69.8 Å². The summed E-state index contributed by atoms with van der Waals surface area (Å²) in [5, 5.41) is 0. The third kappa shape index (κ3) is 5.03. The van der Waals surface area contributed by atoms with Gasteiger partial charge in [-0.1, -0.05) is 13.3 Å². The van der Waals surface area contributed by atoms with E-state index >= 15 is 0 Å². The Morgan fingerprint density at radius 1 is 0.971 bits per heavy atom. The number of hydrogen-bond acceptors (Lipinski definition) is 5. The van der Waals surface area contributed by atoms with E-state index < -0.39 is 29.1 Å².